The minimum absolute atomic E-state index is 0.0298. The van der Waals surface area contributed by atoms with Crippen molar-refractivity contribution in [1.29, 1.82) is 0 Å². The quantitative estimate of drug-likeness (QED) is 0.421. The van der Waals surface area contributed by atoms with Crippen molar-refractivity contribution in [1.82, 2.24) is 4.90 Å². The Hall–Kier alpha value is -2.17. The summed E-state index contributed by atoms with van der Waals surface area (Å²) in [6, 6.07) is 4.59. The number of amides is 2. The van der Waals surface area contributed by atoms with Crippen LogP contribution in [0.25, 0.3) is 0 Å². The minimum atomic E-state index is -0.807. The monoisotopic (exact) mass is 218 g/mol. The summed E-state index contributed by atoms with van der Waals surface area (Å²) in [7, 11) is 0. The fourth-order valence-electron chi connectivity index (χ4n) is 1.76. The van der Waals surface area contributed by atoms with Crippen LogP contribution in [0.2, 0.25) is 0 Å². The maximum Gasteiger partial charge on any atom is 0.301 e. The van der Waals surface area contributed by atoms with Gasteiger partial charge in [0.25, 0.3) is 11.7 Å². The molecule has 2 rings (SSSR count). The van der Waals surface area contributed by atoms with Gasteiger partial charge in [-0.1, -0.05) is 6.07 Å². The van der Waals surface area contributed by atoms with E-state index < -0.39 is 17.6 Å². The summed E-state index contributed by atoms with van der Waals surface area (Å²) in [5.41, 5.74) is 6.00. The molecule has 0 saturated heterocycles. The Morgan fingerprint density at radius 3 is 2.50 bits per heavy atom. The largest absolute Gasteiger partial charge is 0.398 e. The molecule has 0 aromatic heterocycles. The molecule has 5 heteroatoms. The van der Waals surface area contributed by atoms with Crippen LogP contribution in [0.15, 0.2) is 18.2 Å². The predicted molar refractivity (Wildman–Crippen MR) is 56.9 cm³/mol. The van der Waals surface area contributed by atoms with Crippen LogP contribution in [0.5, 0.6) is 0 Å². The molecule has 1 heterocycles. The van der Waals surface area contributed by atoms with Gasteiger partial charge in [-0.25, -0.2) is 0 Å². The van der Waals surface area contributed by atoms with Gasteiger partial charge in [0.05, 0.1) is 11.1 Å². The molecule has 0 spiro atoms. The van der Waals surface area contributed by atoms with Crippen molar-refractivity contribution >= 4 is 23.3 Å². The number of fused-ring (bicyclic) bond motifs is 1. The highest BCUT2D eigenvalue weighted by molar-refractivity contribution is 6.50. The number of anilines is 1. The first-order valence-corrected chi connectivity index (χ1v) is 4.87. The Bertz CT molecular complexity index is 508. The molecule has 1 aliphatic heterocycles. The lowest BCUT2D eigenvalue weighted by Crippen LogP contribution is -2.46. The number of carbonyl (C=O) groups excluding carboxylic acids is 3. The Morgan fingerprint density at radius 2 is 1.88 bits per heavy atom. The second kappa shape index (κ2) is 3.44. The van der Waals surface area contributed by atoms with Crippen LogP contribution in [0.1, 0.15) is 27.6 Å². The summed E-state index contributed by atoms with van der Waals surface area (Å²) in [5.74, 6) is -1.98. The van der Waals surface area contributed by atoms with Crippen molar-refractivity contribution < 1.29 is 14.4 Å². The van der Waals surface area contributed by atoms with Gasteiger partial charge in [0.1, 0.15) is 0 Å². The van der Waals surface area contributed by atoms with Crippen molar-refractivity contribution in [2.75, 3.05) is 12.3 Å². The second-order valence-corrected chi connectivity index (χ2v) is 3.45. The molecule has 1 aliphatic rings. The molecule has 82 valence electrons. The van der Waals surface area contributed by atoms with E-state index in [0.717, 1.165) is 4.90 Å². The number of carbonyl (C=O) groups is 3. The van der Waals surface area contributed by atoms with Crippen molar-refractivity contribution in [2.45, 2.75) is 6.92 Å². The van der Waals surface area contributed by atoms with Crippen LogP contribution < -0.4 is 5.73 Å². The van der Waals surface area contributed by atoms with Gasteiger partial charge in [-0.2, -0.15) is 0 Å². The number of Topliss-reactive ketones (excluding diaryl/α,β-unsaturated/α-hetero) is 1. The molecule has 2 N–H and O–H groups in total. The van der Waals surface area contributed by atoms with Crippen LogP contribution in [0.4, 0.5) is 5.69 Å². The van der Waals surface area contributed by atoms with Crippen molar-refractivity contribution in [3.8, 4) is 0 Å². The van der Waals surface area contributed by atoms with E-state index in [9.17, 15) is 14.4 Å². The summed E-state index contributed by atoms with van der Waals surface area (Å²) >= 11 is 0. The molecule has 5 nitrogen and oxygen atoms in total. The van der Waals surface area contributed by atoms with Gasteiger partial charge < -0.3 is 5.73 Å². The predicted octanol–water partition coefficient (Wildman–Crippen LogP) is 0.454. The zero-order chi connectivity index (χ0) is 11.9. The van der Waals surface area contributed by atoms with E-state index in [1.807, 2.05) is 0 Å². The van der Waals surface area contributed by atoms with E-state index in [-0.39, 0.29) is 23.4 Å². The summed E-state index contributed by atoms with van der Waals surface area (Å²) in [6.07, 6.45) is 0. The fraction of sp³-hybridized carbons (Fsp3) is 0.182. The van der Waals surface area contributed by atoms with Crippen molar-refractivity contribution in [2.24, 2.45) is 0 Å². The van der Waals surface area contributed by atoms with E-state index in [1.165, 1.54) is 12.1 Å². The lowest BCUT2D eigenvalue weighted by atomic mass is 9.95. The maximum absolute atomic E-state index is 11.9. The Balaban J connectivity index is 2.69. The van der Waals surface area contributed by atoms with E-state index in [1.54, 1.807) is 13.0 Å². The number of hydrogen-bond donors (Lipinski definition) is 1. The van der Waals surface area contributed by atoms with Crippen molar-refractivity contribution in [3.05, 3.63) is 29.3 Å². The zero-order valence-electron chi connectivity index (χ0n) is 8.69. The summed E-state index contributed by atoms with van der Waals surface area (Å²) in [4.78, 5) is 36.1. The molecule has 1 aromatic rings. The van der Waals surface area contributed by atoms with Crippen LogP contribution in [-0.4, -0.2) is 29.0 Å². The minimum Gasteiger partial charge on any atom is -0.398 e. The first-order chi connectivity index (χ1) is 7.57. The molecule has 0 atom stereocenters. The highest BCUT2D eigenvalue weighted by atomic mass is 16.2. The van der Waals surface area contributed by atoms with E-state index in [0.29, 0.717) is 0 Å². The molecule has 0 fully saturated rings. The smallest absolute Gasteiger partial charge is 0.301 e. The van der Waals surface area contributed by atoms with Crippen LogP contribution in [0.3, 0.4) is 0 Å². The van der Waals surface area contributed by atoms with Crippen molar-refractivity contribution in [3.63, 3.8) is 0 Å². The number of ketones is 1. The van der Waals surface area contributed by atoms with Gasteiger partial charge in [0.15, 0.2) is 0 Å². The number of benzene rings is 1. The Kier molecular flexibility index (Phi) is 2.23. The molecular weight excluding hydrogens is 208 g/mol. The van der Waals surface area contributed by atoms with Crippen LogP contribution in [-0.2, 0) is 4.79 Å². The number of rotatable bonds is 1. The molecular formula is C11H10N2O3. The van der Waals surface area contributed by atoms with Gasteiger partial charge in [-0.05, 0) is 19.1 Å². The molecule has 1 aromatic carbocycles. The van der Waals surface area contributed by atoms with Gasteiger partial charge in [-0.3, -0.25) is 19.3 Å². The molecule has 0 unspecified atom stereocenters. The topological polar surface area (TPSA) is 80.5 Å². The number of nitrogen functional groups attached to an aromatic ring is 1. The van der Waals surface area contributed by atoms with Crippen LogP contribution >= 0.6 is 0 Å². The third-order valence-corrected chi connectivity index (χ3v) is 2.55. The van der Waals surface area contributed by atoms with E-state index >= 15 is 0 Å². The molecule has 2 amide bonds. The third kappa shape index (κ3) is 1.21. The molecule has 16 heavy (non-hydrogen) atoms. The summed E-state index contributed by atoms with van der Waals surface area (Å²) in [6.45, 7) is 1.82. The lowest BCUT2D eigenvalue weighted by Gasteiger charge is -2.24. The first-order valence-electron chi connectivity index (χ1n) is 4.87. The second-order valence-electron chi connectivity index (χ2n) is 3.45. The Labute approximate surface area is 91.8 Å². The summed E-state index contributed by atoms with van der Waals surface area (Å²) in [5, 5.41) is 0. The molecule has 0 bridgehead atoms. The maximum atomic E-state index is 11.9. The lowest BCUT2D eigenvalue weighted by molar-refractivity contribution is -0.124. The number of imide groups is 1. The van der Waals surface area contributed by atoms with Gasteiger partial charge in [0, 0.05) is 12.2 Å². The number of nitrogens with two attached hydrogens (primary N) is 1. The third-order valence-electron chi connectivity index (χ3n) is 2.55. The number of nitrogens with zero attached hydrogens (tertiary/aromatic N) is 1. The zero-order valence-corrected chi connectivity index (χ0v) is 8.69. The average molecular weight is 218 g/mol. The number of hydrogen-bond acceptors (Lipinski definition) is 4. The van der Waals surface area contributed by atoms with E-state index in [2.05, 4.69) is 0 Å². The standard InChI is InChI=1S/C11H10N2O3/c1-2-13-10(15)6-4-3-5-7(12)8(6)9(14)11(13)16/h3-5H,2,12H2,1H3. The normalized spacial score (nSPS) is 15.3. The molecule has 0 radical (unpaired) electrons. The van der Waals surface area contributed by atoms with E-state index in [4.69, 9.17) is 5.73 Å². The van der Waals surface area contributed by atoms with Gasteiger partial charge >= 0.3 is 5.91 Å². The van der Waals surface area contributed by atoms with Gasteiger partial charge in [-0.15, -0.1) is 0 Å². The average Bonchev–Trinajstić information content (AvgIpc) is 2.27. The van der Waals surface area contributed by atoms with Crippen LogP contribution in [0, 0.1) is 0 Å². The van der Waals surface area contributed by atoms with Gasteiger partial charge in [0.2, 0.25) is 0 Å². The highest BCUT2D eigenvalue weighted by Gasteiger charge is 2.37. The highest BCUT2D eigenvalue weighted by Crippen LogP contribution is 2.24. The fourth-order valence-corrected chi connectivity index (χ4v) is 1.76. The summed E-state index contributed by atoms with van der Waals surface area (Å²) < 4.78 is 0. The Morgan fingerprint density at radius 1 is 1.19 bits per heavy atom. The molecule has 0 aliphatic carbocycles. The SMILES string of the molecule is CCN1C(=O)C(=O)c2c(N)cccc2C1=O. The number of likely N-dealkylation sites (N-methyl/N-ethyl adjacent to an activating group) is 1. The molecule has 0 saturated carbocycles. The first kappa shape index (κ1) is 10.4.